The SMILES string of the molecule is COc1cc(N)ccc1OC[C@@H]1C[C@@H](O)CN1C(=O)O. The van der Waals surface area contributed by atoms with Crippen molar-refractivity contribution in [3.05, 3.63) is 18.2 Å². The van der Waals surface area contributed by atoms with Gasteiger partial charge >= 0.3 is 6.09 Å². The van der Waals surface area contributed by atoms with Crippen LogP contribution in [0, 0.1) is 0 Å². The Morgan fingerprint density at radius 3 is 2.90 bits per heavy atom. The van der Waals surface area contributed by atoms with Crippen LogP contribution in [0.2, 0.25) is 0 Å². The Hall–Kier alpha value is -2.15. The number of amides is 1. The van der Waals surface area contributed by atoms with E-state index < -0.39 is 12.2 Å². The molecule has 0 aliphatic carbocycles. The van der Waals surface area contributed by atoms with Gasteiger partial charge < -0.3 is 25.4 Å². The number of aliphatic hydroxyl groups excluding tert-OH is 1. The van der Waals surface area contributed by atoms with Gasteiger partial charge in [-0.25, -0.2) is 4.79 Å². The lowest BCUT2D eigenvalue weighted by molar-refractivity contribution is 0.119. The van der Waals surface area contributed by atoms with Crippen LogP contribution >= 0.6 is 0 Å². The van der Waals surface area contributed by atoms with E-state index in [4.69, 9.17) is 20.3 Å². The van der Waals surface area contributed by atoms with Crippen LogP contribution in [0.15, 0.2) is 18.2 Å². The number of nitrogens with two attached hydrogens (primary N) is 1. The number of hydrogen-bond donors (Lipinski definition) is 3. The monoisotopic (exact) mass is 282 g/mol. The molecular formula is C13H18N2O5. The molecule has 0 spiro atoms. The van der Waals surface area contributed by atoms with E-state index in [-0.39, 0.29) is 19.2 Å². The van der Waals surface area contributed by atoms with Crippen LogP contribution in [0.4, 0.5) is 10.5 Å². The van der Waals surface area contributed by atoms with Crippen molar-refractivity contribution >= 4 is 11.8 Å². The highest BCUT2D eigenvalue weighted by atomic mass is 16.5. The number of nitrogen functional groups attached to an aromatic ring is 1. The Bertz CT molecular complexity index is 494. The highest BCUT2D eigenvalue weighted by Crippen LogP contribution is 2.30. The van der Waals surface area contributed by atoms with Crippen molar-refractivity contribution in [2.24, 2.45) is 0 Å². The highest BCUT2D eigenvalue weighted by molar-refractivity contribution is 5.66. The summed E-state index contributed by atoms with van der Waals surface area (Å²) in [5.41, 5.74) is 6.20. The summed E-state index contributed by atoms with van der Waals surface area (Å²) in [6.07, 6.45) is -1.34. The first-order valence-electron chi connectivity index (χ1n) is 6.25. The molecule has 1 heterocycles. The molecule has 1 aromatic rings. The summed E-state index contributed by atoms with van der Waals surface area (Å²) in [7, 11) is 1.50. The van der Waals surface area contributed by atoms with Gasteiger partial charge in [-0.3, -0.25) is 4.90 Å². The predicted octanol–water partition coefficient (Wildman–Crippen LogP) is 0.769. The lowest BCUT2D eigenvalue weighted by Gasteiger charge is -2.21. The summed E-state index contributed by atoms with van der Waals surface area (Å²) in [4.78, 5) is 12.2. The molecule has 0 aromatic heterocycles. The molecule has 1 aliphatic heterocycles. The summed E-state index contributed by atoms with van der Waals surface area (Å²) in [6, 6.07) is 4.61. The maximum absolute atomic E-state index is 11.1. The standard InChI is InChI=1S/C13H18N2O5/c1-19-12-4-8(14)2-3-11(12)20-7-9-5-10(16)6-15(9)13(17)18/h2-4,9-10,16H,5-7,14H2,1H3,(H,17,18)/t9-,10+/m0/s1. The number of anilines is 1. The quantitative estimate of drug-likeness (QED) is 0.704. The summed E-state index contributed by atoms with van der Waals surface area (Å²) in [5.74, 6) is 0.985. The fourth-order valence-corrected chi connectivity index (χ4v) is 2.27. The minimum Gasteiger partial charge on any atom is -0.493 e. The molecular weight excluding hydrogens is 264 g/mol. The zero-order chi connectivity index (χ0) is 14.7. The van der Waals surface area contributed by atoms with E-state index in [0.717, 1.165) is 0 Å². The number of β-amino-alcohol motifs (C(OH)–C–C–N with tert-alkyl or cyclic N) is 1. The zero-order valence-corrected chi connectivity index (χ0v) is 11.2. The minimum atomic E-state index is -1.06. The molecule has 2 atom stereocenters. The zero-order valence-electron chi connectivity index (χ0n) is 11.2. The third-order valence-electron chi connectivity index (χ3n) is 3.26. The molecule has 0 radical (unpaired) electrons. The molecule has 1 aliphatic rings. The topological polar surface area (TPSA) is 105 Å². The number of carbonyl (C=O) groups is 1. The minimum absolute atomic E-state index is 0.113. The van der Waals surface area contributed by atoms with Crippen LogP contribution in [0.25, 0.3) is 0 Å². The van der Waals surface area contributed by atoms with Gasteiger partial charge in [0.2, 0.25) is 0 Å². The van der Waals surface area contributed by atoms with Crippen LogP contribution < -0.4 is 15.2 Å². The van der Waals surface area contributed by atoms with E-state index in [1.165, 1.54) is 12.0 Å². The first-order chi connectivity index (χ1) is 9.51. The average molecular weight is 282 g/mol. The van der Waals surface area contributed by atoms with Gasteiger partial charge in [0.05, 0.1) is 25.8 Å². The van der Waals surface area contributed by atoms with Crippen molar-refractivity contribution in [1.82, 2.24) is 4.90 Å². The Kier molecular flexibility index (Phi) is 4.19. The number of hydrogen-bond acceptors (Lipinski definition) is 5. The molecule has 2 rings (SSSR count). The molecule has 1 aromatic carbocycles. The Labute approximate surface area is 116 Å². The Morgan fingerprint density at radius 1 is 1.50 bits per heavy atom. The molecule has 20 heavy (non-hydrogen) atoms. The van der Waals surface area contributed by atoms with Crippen LogP contribution in [-0.2, 0) is 0 Å². The van der Waals surface area contributed by atoms with Crippen molar-refractivity contribution in [2.75, 3.05) is 26.0 Å². The lowest BCUT2D eigenvalue weighted by Crippen LogP contribution is -2.38. The number of methoxy groups -OCH3 is 1. The van der Waals surface area contributed by atoms with E-state index in [1.54, 1.807) is 18.2 Å². The maximum Gasteiger partial charge on any atom is 0.407 e. The second kappa shape index (κ2) is 5.87. The van der Waals surface area contributed by atoms with Crippen LogP contribution in [-0.4, -0.2) is 53.6 Å². The molecule has 1 amide bonds. The van der Waals surface area contributed by atoms with Gasteiger partial charge in [-0.1, -0.05) is 0 Å². The number of benzene rings is 1. The van der Waals surface area contributed by atoms with Crippen molar-refractivity contribution in [3.8, 4) is 11.5 Å². The van der Waals surface area contributed by atoms with Crippen molar-refractivity contribution in [3.63, 3.8) is 0 Å². The van der Waals surface area contributed by atoms with Gasteiger partial charge in [-0.2, -0.15) is 0 Å². The highest BCUT2D eigenvalue weighted by Gasteiger charge is 2.34. The normalized spacial score (nSPS) is 21.8. The van der Waals surface area contributed by atoms with Gasteiger partial charge in [0.15, 0.2) is 11.5 Å². The molecule has 7 heteroatoms. The van der Waals surface area contributed by atoms with E-state index in [1.807, 2.05) is 0 Å². The summed E-state index contributed by atoms with van der Waals surface area (Å²) in [6.45, 7) is 0.270. The Morgan fingerprint density at radius 2 is 2.25 bits per heavy atom. The third-order valence-corrected chi connectivity index (χ3v) is 3.26. The first-order valence-corrected chi connectivity index (χ1v) is 6.25. The predicted molar refractivity (Wildman–Crippen MR) is 72.0 cm³/mol. The van der Waals surface area contributed by atoms with E-state index in [2.05, 4.69) is 0 Å². The largest absolute Gasteiger partial charge is 0.493 e. The molecule has 1 fully saturated rings. The number of aliphatic hydroxyl groups is 1. The molecule has 1 saturated heterocycles. The van der Waals surface area contributed by atoms with Gasteiger partial charge in [-0.05, 0) is 18.6 Å². The van der Waals surface area contributed by atoms with Crippen molar-refractivity contribution < 1.29 is 24.5 Å². The number of rotatable bonds is 4. The molecule has 7 nitrogen and oxygen atoms in total. The molecule has 4 N–H and O–H groups in total. The smallest absolute Gasteiger partial charge is 0.407 e. The third kappa shape index (κ3) is 3.05. The van der Waals surface area contributed by atoms with Gasteiger partial charge in [0.1, 0.15) is 6.61 Å². The van der Waals surface area contributed by atoms with Gasteiger partial charge in [0.25, 0.3) is 0 Å². The molecule has 0 unspecified atom stereocenters. The fourth-order valence-electron chi connectivity index (χ4n) is 2.27. The van der Waals surface area contributed by atoms with E-state index in [9.17, 15) is 9.90 Å². The summed E-state index contributed by atoms with van der Waals surface area (Å²) < 4.78 is 10.8. The number of carboxylic acid groups (broad SMARTS) is 1. The average Bonchev–Trinajstić information content (AvgIpc) is 2.78. The van der Waals surface area contributed by atoms with E-state index in [0.29, 0.717) is 23.6 Å². The van der Waals surface area contributed by atoms with Crippen LogP contribution in [0.1, 0.15) is 6.42 Å². The van der Waals surface area contributed by atoms with Crippen molar-refractivity contribution in [2.45, 2.75) is 18.6 Å². The second-order valence-electron chi connectivity index (χ2n) is 4.70. The van der Waals surface area contributed by atoms with Gasteiger partial charge in [-0.15, -0.1) is 0 Å². The van der Waals surface area contributed by atoms with Crippen molar-refractivity contribution in [1.29, 1.82) is 0 Å². The van der Waals surface area contributed by atoms with Gasteiger partial charge in [0, 0.05) is 11.8 Å². The number of likely N-dealkylation sites (tertiary alicyclic amines) is 1. The van der Waals surface area contributed by atoms with E-state index >= 15 is 0 Å². The van der Waals surface area contributed by atoms with Crippen LogP contribution in [0.3, 0.4) is 0 Å². The maximum atomic E-state index is 11.1. The first kappa shape index (κ1) is 14.3. The molecule has 0 saturated carbocycles. The summed E-state index contributed by atoms with van der Waals surface area (Å²) in [5, 5.41) is 18.6. The number of nitrogens with zero attached hydrogens (tertiary/aromatic N) is 1. The lowest BCUT2D eigenvalue weighted by atomic mass is 10.2. The molecule has 0 bridgehead atoms. The fraction of sp³-hybridized carbons (Fsp3) is 0.462. The molecule has 110 valence electrons. The van der Waals surface area contributed by atoms with Crippen LogP contribution in [0.5, 0.6) is 11.5 Å². The second-order valence-corrected chi connectivity index (χ2v) is 4.70. The Balaban J connectivity index is 2.03. The summed E-state index contributed by atoms with van der Waals surface area (Å²) >= 11 is 0. The number of ether oxygens (including phenoxy) is 2.